The quantitative estimate of drug-likeness (QED) is 0.847. The largest absolute Gasteiger partial charge is 0.386 e. The Morgan fingerprint density at radius 1 is 1.50 bits per heavy atom. The third-order valence-corrected chi connectivity index (χ3v) is 3.48. The molecule has 2 heterocycles. The van der Waals surface area contributed by atoms with E-state index in [1.54, 1.807) is 11.0 Å². The minimum absolute atomic E-state index is 0.229. The molecule has 2 atom stereocenters. The Morgan fingerprint density at radius 2 is 2.17 bits per heavy atom. The average Bonchev–Trinajstić information content (AvgIpc) is 2.90. The van der Waals surface area contributed by atoms with Gasteiger partial charge in [-0.1, -0.05) is 11.6 Å². The van der Waals surface area contributed by atoms with E-state index < -0.39 is 12.1 Å². The number of hydrogen-bond donors (Lipinski definition) is 2. The zero-order chi connectivity index (χ0) is 13.1. The van der Waals surface area contributed by atoms with Crippen molar-refractivity contribution in [3.63, 3.8) is 0 Å². The molecule has 18 heavy (non-hydrogen) atoms. The summed E-state index contributed by atoms with van der Waals surface area (Å²) < 4.78 is 0. The van der Waals surface area contributed by atoms with Crippen LogP contribution in [-0.2, 0) is 4.79 Å². The van der Waals surface area contributed by atoms with Gasteiger partial charge in [-0.2, -0.15) is 0 Å². The molecule has 0 aromatic carbocycles. The second-order valence-electron chi connectivity index (χ2n) is 4.40. The molecule has 1 fully saturated rings. The Bertz CT molecular complexity index is 435. The number of carbonyl (C=O) groups excluding carboxylic acids is 1. The van der Waals surface area contributed by atoms with Gasteiger partial charge >= 0.3 is 0 Å². The zero-order valence-corrected chi connectivity index (χ0v) is 10.7. The molecule has 3 N–H and O–H groups in total. The molecular formula is C12H16ClN3O2. The van der Waals surface area contributed by atoms with Crippen LogP contribution in [0.2, 0.25) is 5.02 Å². The van der Waals surface area contributed by atoms with E-state index in [1.165, 1.54) is 12.4 Å². The molecule has 98 valence electrons. The fourth-order valence-electron chi connectivity index (χ4n) is 2.10. The summed E-state index contributed by atoms with van der Waals surface area (Å²) >= 11 is 5.92. The Labute approximate surface area is 111 Å². The summed E-state index contributed by atoms with van der Waals surface area (Å²) in [5.74, 6) is -0.229. The molecule has 1 amide bonds. The number of aromatic nitrogens is 1. The highest BCUT2D eigenvalue weighted by Crippen LogP contribution is 2.24. The highest BCUT2D eigenvalue weighted by molar-refractivity contribution is 6.31. The van der Waals surface area contributed by atoms with E-state index in [9.17, 15) is 9.90 Å². The van der Waals surface area contributed by atoms with Gasteiger partial charge in [0.1, 0.15) is 12.1 Å². The Hall–Kier alpha value is -1.17. The normalized spacial score (nSPS) is 18.7. The van der Waals surface area contributed by atoms with Crippen LogP contribution in [-0.4, -0.2) is 40.0 Å². The van der Waals surface area contributed by atoms with Gasteiger partial charge in [0.05, 0.1) is 5.02 Å². The lowest BCUT2D eigenvalue weighted by Gasteiger charge is -2.24. The van der Waals surface area contributed by atoms with E-state index in [-0.39, 0.29) is 5.91 Å². The first-order valence-electron chi connectivity index (χ1n) is 5.93. The fraction of sp³-hybridized carbons (Fsp3) is 0.500. The van der Waals surface area contributed by atoms with Gasteiger partial charge < -0.3 is 15.7 Å². The first-order chi connectivity index (χ1) is 8.61. The molecule has 1 aromatic heterocycles. The van der Waals surface area contributed by atoms with Crippen molar-refractivity contribution in [2.24, 2.45) is 5.73 Å². The van der Waals surface area contributed by atoms with Crippen molar-refractivity contribution in [3.05, 3.63) is 29.0 Å². The van der Waals surface area contributed by atoms with Crippen molar-refractivity contribution in [3.8, 4) is 0 Å². The predicted molar refractivity (Wildman–Crippen MR) is 68.0 cm³/mol. The van der Waals surface area contributed by atoms with E-state index in [4.69, 9.17) is 17.3 Å². The number of rotatable bonds is 3. The third-order valence-electron chi connectivity index (χ3n) is 3.17. The first kappa shape index (κ1) is 13.3. The van der Waals surface area contributed by atoms with Crippen molar-refractivity contribution in [2.75, 3.05) is 13.1 Å². The topological polar surface area (TPSA) is 79.5 Å². The van der Waals surface area contributed by atoms with Crippen LogP contribution in [0.3, 0.4) is 0 Å². The van der Waals surface area contributed by atoms with Crippen molar-refractivity contribution >= 4 is 17.5 Å². The molecule has 2 rings (SSSR count). The summed E-state index contributed by atoms with van der Waals surface area (Å²) in [6.45, 7) is 1.42. The van der Waals surface area contributed by atoms with Crippen LogP contribution in [0.25, 0.3) is 0 Å². The lowest BCUT2D eigenvalue weighted by atomic mass is 10.0. The van der Waals surface area contributed by atoms with Crippen LogP contribution in [0.15, 0.2) is 18.5 Å². The number of halogens is 1. The number of pyridine rings is 1. The first-order valence-corrected chi connectivity index (χ1v) is 6.31. The molecule has 0 unspecified atom stereocenters. The van der Waals surface area contributed by atoms with Gasteiger partial charge in [-0.3, -0.25) is 9.78 Å². The minimum Gasteiger partial charge on any atom is -0.386 e. The average molecular weight is 270 g/mol. The fourth-order valence-corrected chi connectivity index (χ4v) is 2.33. The lowest BCUT2D eigenvalue weighted by Crippen LogP contribution is -2.45. The van der Waals surface area contributed by atoms with Crippen molar-refractivity contribution in [1.82, 2.24) is 9.88 Å². The third kappa shape index (κ3) is 2.63. The van der Waals surface area contributed by atoms with Crippen LogP contribution in [0.5, 0.6) is 0 Å². The number of carbonyl (C=O) groups is 1. The number of nitrogens with two attached hydrogens (primary N) is 1. The summed E-state index contributed by atoms with van der Waals surface area (Å²) in [7, 11) is 0. The van der Waals surface area contributed by atoms with Gasteiger partial charge in [-0.05, 0) is 18.9 Å². The van der Waals surface area contributed by atoms with Crippen molar-refractivity contribution in [1.29, 1.82) is 0 Å². The SMILES string of the molecule is N[C@@H](C(=O)N1CCCC1)[C@@H](O)c1ccncc1Cl. The monoisotopic (exact) mass is 269 g/mol. The Kier molecular flexibility index (Phi) is 4.16. The highest BCUT2D eigenvalue weighted by Gasteiger charge is 2.30. The van der Waals surface area contributed by atoms with Gasteiger partial charge in [0.2, 0.25) is 5.91 Å². The molecule has 0 bridgehead atoms. The van der Waals surface area contributed by atoms with Crippen molar-refractivity contribution < 1.29 is 9.90 Å². The maximum atomic E-state index is 12.1. The Morgan fingerprint density at radius 3 is 2.78 bits per heavy atom. The molecule has 6 heteroatoms. The Balaban J connectivity index is 2.10. The number of hydrogen-bond acceptors (Lipinski definition) is 4. The number of aliphatic hydroxyl groups excluding tert-OH is 1. The van der Waals surface area contributed by atoms with Crippen LogP contribution >= 0.6 is 11.6 Å². The zero-order valence-electron chi connectivity index (χ0n) is 9.92. The molecule has 1 aromatic rings. The van der Waals surface area contributed by atoms with E-state index in [0.29, 0.717) is 23.7 Å². The smallest absolute Gasteiger partial charge is 0.242 e. The van der Waals surface area contributed by atoms with Gasteiger partial charge in [-0.15, -0.1) is 0 Å². The maximum Gasteiger partial charge on any atom is 0.242 e. The molecule has 0 radical (unpaired) electrons. The molecular weight excluding hydrogens is 254 g/mol. The summed E-state index contributed by atoms with van der Waals surface area (Å²) in [6, 6.07) is 0.590. The predicted octanol–water partition coefficient (Wildman–Crippen LogP) is 0.718. The summed E-state index contributed by atoms with van der Waals surface area (Å²) in [4.78, 5) is 17.6. The standard InChI is InChI=1S/C12H16ClN3O2/c13-9-7-15-4-3-8(9)11(17)10(14)12(18)16-5-1-2-6-16/h3-4,7,10-11,17H,1-2,5-6,14H2/t10-,11+/m1/s1. The molecule has 5 nitrogen and oxygen atoms in total. The summed E-state index contributed by atoms with van der Waals surface area (Å²) in [6.07, 6.45) is 3.81. The van der Waals surface area contributed by atoms with Gasteiger partial charge in [0.25, 0.3) is 0 Å². The van der Waals surface area contributed by atoms with E-state index in [0.717, 1.165) is 12.8 Å². The van der Waals surface area contributed by atoms with Gasteiger partial charge in [0, 0.05) is 31.0 Å². The van der Waals surface area contributed by atoms with Gasteiger partial charge in [-0.25, -0.2) is 0 Å². The number of nitrogens with zero attached hydrogens (tertiary/aromatic N) is 2. The molecule has 1 saturated heterocycles. The molecule has 1 aliphatic rings. The number of amides is 1. The van der Waals surface area contributed by atoms with Gasteiger partial charge in [0.15, 0.2) is 0 Å². The second-order valence-corrected chi connectivity index (χ2v) is 4.81. The van der Waals surface area contributed by atoms with E-state index >= 15 is 0 Å². The van der Waals surface area contributed by atoms with Crippen LogP contribution in [0.1, 0.15) is 24.5 Å². The second kappa shape index (κ2) is 5.65. The number of aliphatic hydroxyl groups is 1. The van der Waals surface area contributed by atoms with Crippen LogP contribution in [0, 0.1) is 0 Å². The molecule has 1 aliphatic heterocycles. The van der Waals surface area contributed by atoms with E-state index in [1.807, 2.05) is 0 Å². The number of likely N-dealkylation sites (tertiary alicyclic amines) is 1. The van der Waals surface area contributed by atoms with Crippen LogP contribution < -0.4 is 5.73 Å². The lowest BCUT2D eigenvalue weighted by molar-refractivity contribution is -0.134. The maximum absolute atomic E-state index is 12.1. The minimum atomic E-state index is -1.10. The molecule has 0 spiro atoms. The van der Waals surface area contributed by atoms with E-state index in [2.05, 4.69) is 4.98 Å². The van der Waals surface area contributed by atoms with Crippen LogP contribution in [0.4, 0.5) is 0 Å². The van der Waals surface area contributed by atoms with Crippen molar-refractivity contribution in [2.45, 2.75) is 25.0 Å². The summed E-state index contributed by atoms with van der Waals surface area (Å²) in [5.41, 5.74) is 6.26. The molecule has 0 aliphatic carbocycles. The summed E-state index contributed by atoms with van der Waals surface area (Å²) in [5, 5.41) is 10.4. The molecule has 0 saturated carbocycles. The highest BCUT2D eigenvalue weighted by atomic mass is 35.5.